The molecule has 0 aliphatic heterocycles. The van der Waals surface area contributed by atoms with Crippen LogP contribution in [0.5, 0.6) is 11.5 Å². The molecule has 3 aromatic rings. The third kappa shape index (κ3) is 6.27. The number of ether oxygens (including phenoxy) is 3. The molecule has 0 saturated carbocycles. The lowest BCUT2D eigenvalue weighted by Crippen LogP contribution is -2.07. The van der Waals surface area contributed by atoms with E-state index in [4.69, 9.17) is 9.47 Å². The van der Waals surface area contributed by atoms with Gasteiger partial charge in [0.2, 0.25) is 0 Å². The molecule has 0 aromatic heterocycles. The first-order valence-corrected chi connectivity index (χ1v) is 9.90. The van der Waals surface area contributed by atoms with Crippen molar-refractivity contribution >= 4 is 11.9 Å². The van der Waals surface area contributed by atoms with E-state index in [1.165, 1.54) is 12.3 Å². The molecule has 6 heteroatoms. The van der Waals surface area contributed by atoms with Crippen LogP contribution < -0.4 is 9.47 Å². The summed E-state index contributed by atoms with van der Waals surface area (Å²) in [5.41, 5.74) is 2.88. The molecule has 0 atom stereocenters. The maximum absolute atomic E-state index is 14.8. The van der Waals surface area contributed by atoms with E-state index in [1.807, 2.05) is 6.07 Å². The van der Waals surface area contributed by atoms with Crippen molar-refractivity contribution < 1.29 is 28.2 Å². The molecule has 0 saturated heterocycles. The molecule has 0 unspecified atom stereocenters. The molecule has 0 N–H and O–H groups in total. The molecular weight excluding hydrogens is 423 g/mol. The lowest BCUT2D eigenvalue weighted by atomic mass is 9.99. The van der Waals surface area contributed by atoms with Crippen molar-refractivity contribution in [3.63, 3.8) is 0 Å². The zero-order chi connectivity index (χ0) is 23.8. The molecule has 3 rings (SSSR count). The highest BCUT2D eigenvalue weighted by molar-refractivity contribution is 5.88. The van der Waals surface area contributed by atoms with Gasteiger partial charge in [0, 0.05) is 17.2 Å². The van der Waals surface area contributed by atoms with Gasteiger partial charge in [0.15, 0.2) is 0 Å². The Morgan fingerprint density at radius 2 is 1.45 bits per heavy atom. The summed E-state index contributed by atoms with van der Waals surface area (Å²) in [5, 5.41) is 0. The predicted octanol–water partition coefficient (Wildman–Crippen LogP) is 6.22. The average Bonchev–Trinajstić information content (AvgIpc) is 2.82. The summed E-state index contributed by atoms with van der Waals surface area (Å²) in [7, 11) is 0. The lowest BCUT2D eigenvalue weighted by Gasteiger charge is -2.09. The van der Waals surface area contributed by atoms with E-state index in [0.717, 1.165) is 17.9 Å². The first-order valence-electron chi connectivity index (χ1n) is 9.90. The average molecular weight is 444 g/mol. The second-order valence-corrected chi connectivity index (χ2v) is 6.94. The van der Waals surface area contributed by atoms with Gasteiger partial charge in [-0.2, -0.15) is 0 Å². The summed E-state index contributed by atoms with van der Waals surface area (Å²) in [6.45, 7) is 8.39. The van der Waals surface area contributed by atoms with Crippen LogP contribution in [-0.2, 0) is 14.3 Å². The summed E-state index contributed by atoms with van der Waals surface area (Å²) < 4.78 is 30.0. The van der Waals surface area contributed by atoms with Crippen molar-refractivity contribution in [2.75, 3.05) is 0 Å². The monoisotopic (exact) mass is 444 g/mol. The first kappa shape index (κ1) is 23.2. The Morgan fingerprint density at radius 1 is 0.848 bits per heavy atom. The molecular formula is C27H21FO5. The van der Waals surface area contributed by atoms with E-state index in [0.29, 0.717) is 33.8 Å². The van der Waals surface area contributed by atoms with E-state index in [9.17, 15) is 14.0 Å². The van der Waals surface area contributed by atoms with E-state index in [-0.39, 0.29) is 5.82 Å². The summed E-state index contributed by atoms with van der Waals surface area (Å²) in [6, 6.07) is 18.6. The number of halogens is 1. The second kappa shape index (κ2) is 10.7. The smallest absolute Gasteiger partial charge is 0.338 e. The van der Waals surface area contributed by atoms with E-state index in [1.54, 1.807) is 61.5 Å². The number of hydrogen-bond acceptors (Lipinski definition) is 5. The maximum atomic E-state index is 14.8. The molecule has 33 heavy (non-hydrogen) atoms. The zero-order valence-corrected chi connectivity index (χ0v) is 17.9. The van der Waals surface area contributed by atoms with Crippen molar-refractivity contribution in [3.05, 3.63) is 110 Å². The van der Waals surface area contributed by atoms with Crippen LogP contribution >= 0.6 is 0 Å². The highest BCUT2D eigenvalue weighted by atomic mass is 19.1. The molecule has 0 radical (unpaired) electrons. The molecule has 0 spiro atoms. The van der Waals surface area contributed by atoms with Crippen molar-refractivity contribution in [2.45, 2.75) is 6.92 Å². The Morgan fingerprint density at radius 3 is 2.06 bits per heavy atom. The highest BCUT2D eigenvalue weighted by Gasteiger charge is 2.10. The molecule has 5 nitrogen and oxygen atoms in total. The number of rotatable bonds is 8. The minimum atomic E-state index is -0.585. The second-order valence-electron chi connectivity index (χ2n) is 6.94. The van der Waals surface area contributed by atoms with Gasteiger partial charge >= 0.3 is 11.9 Å². The Bertz CT molecular complexity index is 1210. The van der Waals surface area contributed by atoms with Gasteiger partial charge in [0.05, 0.1) is 0 Å². The van der Waals surface area contributed by atoms with E-state index >= 15 is 0 Å². The first-order chi connectivity index (χ1) is 15.9. The largest absolute Gasteiger partial charge is 0.462 e. The quantitative estimate of drug-likeness (QED) is 0.179. The summed E-state index contributed by atoms with van der Waals surface area (Å²) in [6.07, 6.45) is 3.39. The Balaban J connectivity index is 1.69. The molecule has 0 amide bonds. The molecule has 0 aliphatic rings. The fraction of sp³-hybridized carbons (Fsp3) is 0.0370. The highest BCUT2D eigenvalue weighted by Crippen LogP contribution is 2.30. The molecule has 3 aromatic carbocycles. The van der Waals surface area contributed by atoms with Crippen LogP contribution in [0.4, 0.5) is 4.39 Å². The zero-order valence-electron chi connectivity index (χ0n) is 17.9. The third-order valence-corrected chi connectivity index (χ3v) is 4.49. The molecule has 0 fully saturated rings. The topological polar surface area (TPSA) is 61.8 Å². The van der Waals surface area contributed by atoms with E-state index < -0.39 is 11.9 Å². The van der Waals surface area contributed by atoms with Gasteiger partial charge < -0.3 is 14.2 Å². The van der Waals surface area contributed by atoms with Crippen molar-refractivity contribution in [1.82, 2.24) is 0 Å². The minimum Gasteiger partial charge on any atom is -0.462 e. The van der Waals surface area contributed by atoms with Gasteiger partial charge in [-0.3, -0.25) is 0 Å². The van der Waals surface area contributed by atoms with Crippen molar-refractivity contribution in [3.8, 4) is 33.8 Å². The van der Waals surface area contributed by atoms with Gasteiger partial charge in [-0.1, -0.05) is 49.6 Å². The third-order valence-electron chi connectivity index (χ3n) is 4.49. The summed E-state index contributed by atoms with van der Waals surface area (Å²) in [4.78, 5) is 22.5. The predicted molar refractivity (Wildman–Crippen MR) is 124 cm³/mol. The lowest BCUT2D eigenvalue weighted by molar-refractivity contribution is -0.132. The van der Waals surface area contributed by atoms with Gasteiger partial charge in [0.25, 0.3) is 0 Å². The van der Waals surface area contributed by atoms with Crippen LogP contribution in [0, 0.1) is 5.82 Å². The SMILES string of the molecule is C=CC(=O)O/C=C\Oc1ccc(-c2ccc(-c3ccc(OC(=O)C(=C)C)cc3)c(F)c2)cc1. The Hall–Kier alpha value is -4.45. The van der Waals surface area contributed by atoms with Crippen molar-refractivity contribution in [2.24, 2.45) is 0 Å². The van der Waals surface area contributed by atoms with Gasteiger partial charge in [-0.15, -0.1) is 0 Å². The Kier molecular flexibility index (Phi) is 7.55. The van der Waals surface area contributed by atoms with Gasteiger partial charge in [-0.05, 0) is 53.9 Å². The number of benzene rings is 3. The van der Waals surface area contributed by atoms with Crippen LogP contribution in [-0.4, -0.2) is 11.9 Å². The summed E-state index contributed by atoms with van der Waals surface area (Å²) >= 11 is 0. The number of hydrogen-bond donors (Lipinski definition) is 0. The molecule has 0 aliphatic carbocycles. The number of carbonyl (C=O) groups excluding carboxylic acids is 2. The Labute approximate surface area is 191 Å². The molecule has 0 bridgehead atoms. The molecule has 0 heterocycles. The van der Waals surface area contributed by atoms with Crippen LogP contribution in [0.3, 0.4) is 0 Å². The van der Waals surface area contributed by atoms with Crippen LogP contribution in [0.1, 0.15) is 6.92 Å². The molecule has 166 valence electrons. The van der Waals surface area contributed by atoms with Gasteiger partial charge in [-0.25, -0.2) is 14.0 Å². The minimum absolute atomic E-state index is 0.297. The fourth-order valence-electron chi connectivity index (χ4n) is 2.80. The van der Waals surface area contributed by atoms with Crippen LogP contribution in [0.25, 0.3) is 22.3 Å². The van der Waals surface area contributed by atoms with Crippen LogP contribution in [0.2, 0.25) is 0 Å². The van der Waals surface area contributed by atoms with E-state index in [2.05, 4.69) is 17.9 Å². The standard InChI is InChI=1S/C27H21FO5/c1-4-26(29)32-16-15-31-22-10-5-19(6-11-22)21-9-14-24(25(28)17-21)20-7-12-23(13-8-20)33-27(30)18(2)3/h4-17H,1-2H2,3H3/b16-15-. The number of esters is 2. The summed E-state index contributed by atoms with van der Waals surface area (Å²) in [5.74, 6) is -0.597. The van der Waals surface area contributed by atoms with Gasteiger partial charge in [0.1, 0.15) is 29.8 Å². The fourth-order valence-corrected chi connectivity index (χ4v) is 2.80. The normalized spacial score (nSPS) is 10.5. The van der Waals surface area contributed by atoms with Crippen LogP contribution in [0.15, 0.2) is 104 Å². The number of carbonyl (C=O) groups is 2. The maximum Gasteiger partial charge on any atom is 0.338 e. The van der Waals surface area contributed by atoms with Crippen molar-refractivity contribution in [1.29, 1.82) is 0 Å².